The summed E-state index contributed by atoms with van der Waals surface area (Å²) < 4.78 is 5.06. The molecule has 6 nitrogen and oxygen atoms in total. The minimum atomic E-state index is -0.198. The molecule has 1 amide bonds. The molecule has 0 unspecified atom stereocenters. The smallest absolute Gasteiger partial charge is 0.269 e. The number of aromatic nitrogens is 1. The highest BCUT2D eigenvalue weighted by molar-refractivity contribution is 5.92. The number of ether oxygens (including phenoxy) is 1. The third kappa shape index (κ3) is 3.97. The van der Waals surface area contributed by atoms with Crippen molar-refractivity contribution in [1.29, 1.82) is 0 Å². The first-order valence-corrected chi connectivity index (χ1v) is 5.85. The van der Waals surface area contributed by atoms with Crippen LogP contribution in [0, 0.1) is 0 Å². The molecule has 100 valence electrons. The fraction of sp³-hybridized carbons (Fsp3) is 0.500. The van der Waals surface area contributed by atoms with E-state index in [-0.39, 0.29) is 5.91 Å². The molecule has 1 rings (SSSR count). The molecular formula is C12H20N4O2. The lowest BCUT2D eigenvalue weighted by Crippen LogP contribution is -2.32. The van der Waals surface area contributed by atoms with Crippen LogP contribution in [-0.4, -0.2) is 51.3 Å². The minimum absolute atomic E-state index is 0.198. The van der Waals surface area contributed by atoms with Crippen LogP contribution in [0.2, 0.25) is 0 Å². The van der Waals surface area contributed by atoms with Crippen LogP contribution in [0.4, 0.5) is 5.69 Å². The van der Waals surface area contributed by atoms with Crippen LogP contribution in [-0.2, 0) is 4.74 Å². The van der Waals surface area contributed by atoms with Gasteiger partial charge in [0.25, 0.3) is 5.91 Å². The van der Waals surface area contributed by atoms with Gasteiger partial charge in [0, 0.05) is 45.7 Å². The van der Waals surface area contributed by atoms with Crippen molar-refractivity contribution >= 4 is 11.6 Å². The van der Waals surface area contributed by atoms with E-state index in [0.29, 0.717) is 25.4 Å². The number of carbonyl (C=O) groups excluding carboxylic acids is 1. The molecule has 18 heavy (non-hydrogen) atoms. The zero-order chi connectivity index (χ0) is 13.4. The fourth-order valence-corrected chi connectivity index (χ4v) is 1.60. The van der Waals surface area contributed by atoms with E-state index >= 15 is 0 Å². The third-order valence-corrected chi connectivity index (χ3v) is 2.53. The van der Waals surface area contributed by atoms with Gasteiger partial charge in [-0.2, -0.15) is 0 Å². The number of amides is 1. The maximum Gasteiger partial charge on any atom is 0.269 e. The molecule has 3 N–H and O–H groups in total. The number of rotatable bonds is 7. The highest BCUT2D eigenvalue weighted by Gasteiger charge is 2.10. The monoisotopic (exact) mass is 252 g/mol. The quantitative estimate of drug-likeness (QED) is 0.705. The minimum Gasteiger partial charge on any atom is -0.383 e. The van der Waals surface area contributed by atoms with Crippen LogP contribution in [0.1, 0.15) is 10.5 Å². The fourth-order valence-electron chi connectivity index (χ4n) is 1.60. The topological polar surface area (TPSA) is 80.5 Å². The summed E-state index contributed by atoms with van der Waals surface area (Å²) in [5, 5.41) is 2.55. The maximum atomic E-state index is 11.5. The van der Waals surface area contributed by atoms with Gasteiger partial charge in [-0.15, -0.1) is 0 Å². The molecule has 0 aromatic carbocycles. The summed E-state index contributed by atoms with van der Waals surface area (Å²) in [6.07, 6.45) is 1.62. The van der Waals surface area contributed by atoms with Crippen LogP contribution < -0.4 is 16.0 Å². The van der Waals surface area contributed by atoms with E-state index in [9.17, 15) is 4.79 Å². The number of hydrogen-bond donors (Lipinski definition) is 2. The number of nitrogens with zero attached hydrogens (tertiary/aromatic N) is 2. The van der Waals surface area contributed by atoms with Crippen molar-refractivity contribution in [3.05, 3.63) is 24.0 Å². The zero-order valence-electron chi connectivity index (χ0n) is 10.8. The van der Waals surface area contributed by atoms with E-state index < -0.39 is 0 Å². The van der Waals surface area contributed by atoms with Crippen LogP contribution in [0.5, 0.6) is 0 Å². The highest BCUT2D eigenvalue weighted by Crippen LogP contribution is 2.14. The molecule has 0 saturated heterocycles. The molecule has 0 saturated carbocycles. The molecule has 6 heteroatoms. The summed E-state index contributed by atoms with van der Waals surface area (Å²) in [7, 11) is 3.24. The first kappa shape index (κ1) is 14.4. The average molecular weight is 252 g/mol. The van der Waals surface area contributed by atoms with Gasteiger partial charge in [0.15, 0.2) is 0 Å². The van der Waals surface area contributed by atoms with E-state index in [1.807, 2.05) is 6.07 Å². The van der Waals surface area contributed by atoms with Crippen molar-refractivity contribution in [2.75, 3.05) is 45.3 Å². The third-order valence-electron chi connectivity index (χ3n) is 2.53. The summed E-state index contributed by atoms with van der Waals surface area (Å²) in [5.74, 6) is -0.198. The zero-order valence-corrected chi connectivity index (χ0v) is 10.8. The van der Waals surface area contributed by atoms with Crippen molar-refractivity contribution in [3.63, 3.8) is 0 Å². The Morgan fingerprint density at radius 2 is 2.33 bits per heavy atom. The number of methoxy groups -OCH3 is 1. The van der Waals surface area contributed by atoms with Gasteiger partial charge in [-0.05, 0) is 12.1 Å². The lowest BCUT2D eigenvalue weighted by molar-refractivity contribution is 0.0958. The van der Waals surface area contributed by atoms with Gasteiger partial charge in [-0.3, -0.25) is 9.78 Å². The maximum absolute atomic E-state index is 11.5. The van der Waals surface area contributed by atoms with Crippen LogP contribution in [0.15, 0.2) is 18.3 Å². The second kappa shape index (κ2) is 7.62. The van der Waals surface area contributed by atoms with E-state index in [1.54, 1.807) is 26.4 Å². The molecule has 0 aliphatic rings. The lowest BCUT2D eigenvalue weighted by atomic mass is 10.2. The molecule has 1 aromatic heterocycles. The molecule has 0 atom stereocenters. The lowest BCUT2D eigenvalue weighted by Gasteiger charge is -2.24. The number of nitrogens with two attached hydrogens (primary N) is 1. The number of carbonyl (C=O) groups is 1. The Labute approximate surface area is 107 Å². The summed E-state index contributed by atoms with van der Waals surface area (Å²) in [6.45, 7) is 2.59. The van der Waals surface area contributed by atoms with Gasteiger partial charge < -0.3 is 20.7 Å². The van der Waals surface area contributed by atoms with Gasteiger partial charge in [0.2, 0.25) is 0 Å². The van der Waals surface area contributed by atoms with E-state index in [1.165, 1.54) is 0 Å². The molecule has 0 spiro atoms. The van der Waals surface area contributed by atoms with E-state index in [2.05, 4.69) is 15.2 Å². The second-order valence-corrected chi connectivity index (χ2v) is 3.75. The summed E-state index contributed by atoms with van der Waals surface area (Å²) >= 11 is 0. The first-order valence-electron chi connectivity index (χ1n) is 5.85. The number of nitrogens with one attached hydrogen (secondary N) is 1. The van der Waals surface area contributed by atoms with E-state index in [0.717, 1.165) is 12.2 Å². The van der Waals surface area contributed by atoms with Gasteiger partial charge >= 0.3 is 0 Å². The van der Waals surface area contributed by atoms with Crippen LogP contribution in [0.25, 0.3) is 0 Å². The number of hydrogen-bond acceptors (Lipinski definition) is 5. The summed E-state index contributed by atoms with van der Waals surface area (Å²) in [5.41, 5.74) is 6.91. The molecule has 1 heterocycles. The Bertz CT molecular complexity index is 384. The van der Waals surface area contributed by atoms with Crippen molar-refractivity contribution in [3.8, 4) is 0 Å². The predicted molar refractivity (Wildman–Crippen MR) is 70.8 cm³/mol. The average Bonchev–Trinajstić information content (AvgIpc) is 2.42. The Hall–Kier alpha value is -1.66. The summed E-state index contributed by atoms with van der Waals surface area (Å²) in [4.78, 5) is 17.6. The van der Waals surface area contributed by atoms with Gasteiger partial charge in [-0.1, -0.05) is 0 Å². The Morgan fingerprint density at radius 1 is 1.56 bits per heavy atom. The molecule has 0 fully saturated rings. The van der Waals surface area contributed by atoms with Crippen molar-refractivity contribution < 1.29 is 9.53 Å². The Morgan fingerprint density at radius 3 is 2.94 bits per heavy atom. The molecular weight excluding hydrogens is 232 g/mol. The predicted octanol–water partition coefficient (Wildman–Crippen LogP) is -0.147. The Balaban J connectivity index is 2.86. The molecule has 0 radical (unpaired) electrons. The van der Waals surface area contributed by atoms with Gasteiger partial charge in [0.05, 0.1) is 6.61 Å². The van der Waals surface area contributed by atoms with Crippen LogP contribution >= 0.6 is 0 Å². The first-order chi connectivity index (χ1) is 8.72. The molecule has 0 aliphatic heterocycles. The van der Waals surface area contributed by atoms with Gasteiger partial charge in [0.1, 0.15) is 5.69 Å². The standard InChI is InChI=1S/C12H20N4O2/c1-14-12(17)11-9-10(3-5-15-11)16(6-4-13)7-8-18-2/h3,5,9H,4,6-8,13H2,1-2H3,(H,14,17). The van der Waals surface area contributed by atoms with Crippen LogP contribution in [0.3, 0.4) is 0 Å². The normalized spacial score (nSPS) is 10.2. The summed E-state index contributed by atoms with van der Waals surface area (Å²) in [6, 6.07) is 3.61. The van der Waals surface area contributed by atoms with Gasteiger partial charge in [-0.25, -0.2) is 0 Å². The number of pyridine rings is 1. The largest absolute Gasteiger partial charge is 0.383 e. The second-order valence-electron chi connectivity index (χ2n) is 3.75. The van der Waals surface area contributed by atoms with Crippen molar-refractivity contribution in [2.24, 2.45) is 5.73 Å². The Kier molecular flexibility index (Phi) is 6.10. The molecule has 1 aromatic rings. The number of anilines is 1. The molecule has 0 aliphatic carbocycles. The highest BCUT2D eigenvalue weighted by atomic mass is 16.5. The molecule has 0 bridgehead atoms. The van der Waals surface area contributed by atoms with Crippen molar-refractivity contribution in [1.82, 2.24) is 10.3 Å². The van der Waals surface area contributed by atoms with Crippen molar-refractivity contribution in [2.45, 2.75) is 0 Å². The van der Waals surface area contributed by atoms with E-state index in [4.69, 9.17) is 10.5 Å². The SMILES string of the molecule is CNC(=O)c1cc(N(CCN)CCOC)ccn1.